The van der Waals surface area contributed by atoms with Crippen molar-refractivity contribution in [2.24, 2.45) is 0 Å². The Morgan fingerprint density at radius 3 is 2.65 bits per heavy atom. The molecule has 7 nitrogen and oxygen atoms in total. The van der Waals surface area contributed by atoms with Crippen molar-refractivity contribution in [1.29, 1.82) is 5.41 Å². The second-order valence-corrected chi connectivity index (χ2v) is 8.70. The second-order valence-electron chi connectivity index (χ2n) is 8.37. The number of alkyl halides is 2. The average Bonchev–Trinajstić information content (AvgIpc) is 2.68. The highest BCUT2D eigenvalue weighted by molar-refractivity contribution is 6.28. The number of likely N-dealkylation sites (tertiary alicyclic amines) is 1. The minimum Gasteiger partial charge on any atom is -0.390 e. The van der Waals surface area contributed by atoms with Crippen LogP contribution < -0.4 is 10.2 Å². The molecule has 3 N–H and O–H groups in total. The molecule has 3 heterocycles. The van der Waals surface area contributed by atoms with Gasteiger partial charge in [0.25, 0.3) is 6.43 Å². The number of hydrogen-bond donors (Lipinski definition) is 3. The lowest BCUT2D eigenvalue weighted by molar-refractivity contribution is -0.0198. The van der Waals surface area contributed by atoms with Crippen molar-refractivity contribution in [3.8, 4) is 0 Å². The van der Waals surface area contributed by atoms with Gasteiger partial charge < -0.3 is 20.7 Å². The number of halogens is 3. The molecule has 1 aromatic carbocycles. The van der Waals surface area contributed by atoms with E-state index >= 15 is 0 Å². The Balaban J connectivity index is 1.50. The number of piperidine rings is 1. The maximum absolute atomic E-state index is 13.0. The van der Waals surface area contributed by atoms with Crippen LogP contribution in [0.5, 0.6) is 0 Å². The standard InChI is InChI=1S/C21H25ClF2N6O/c1-21(31)5-7-29(8-6-21)15-11-30(12-15)19-16(10-25)18(27-20(22)28-19)26-14-4-2-3-13(9-14)17(23)24/h2-4,9-10,15,17,25,31H,5-8,11-12H2,1H3,(H,26,27,28). The van der Waals surface area contributed by atoms with Crippen LogP contribution in [0.25, 0.3) is 0 Å². The molecule has 0 radical (unpaired) electrons. The Morgan fingerprint density at radius 1 is 1.29 bits per heavy atom. The van der Waals surface area contributed by atoms with Gasteiger partial charge in [0.15, 0.2) is 0 Å². The van der Waals surface area contributed by atoms with E-state index in [-0.39, 0.29) is 10.8 Å². The molecule has 4 rings (SSSR count). The van der Waals surface area contributed by atoms with Gasteiger partial charge in [0, 0.05) is 49.7 Å². The summed E-state index contributed by atoms with van der Waals surface area (Å²) < 4.78 is 26.0. The number of rotatable bonds is 6. The molecule has 2 aliphatic rings. The molecule has 2 fully saturated rings. The third kappa shape index (κ3) is 4.78. The van der Waals surface area contributed by atoms with Gasteiger partial charge in [0.05, 0.1) is 11.2 Å². The van der Waals surface area contributed by atoms with E-state index in [1.54, 1.807) is 6.07 Å². The van der Waals surface area contributed by atoms with E-state index in [1.165, 1.54) is 18.2 Å². The molecule has 2 saturated heterocycles. The summed E-state index contributed by atoms with van der Waals surface area (Å²) in [5, 5.41) is 21.1. The Labute approximate surface area is 184 Å². The number of benzene rings is 1. The summed E-state index contributed by atoms with van der Waals surface area (Å²) in [5.74, 6) is 0.844. The van der Waals surface area contributed by atoms with E-state index < -0.39 is 12.0 Å². The van der Waals surface area contributed by atoms with Gasteiger partial charge >= 0.3 is 0 Å². The summed E-state index contributed by atoms with van der Waals surface area (Å²) in [5.41, 5.74) is 0.193. The molecule has 166 valence electrons. The third-order valence-corrected chi connectivity index (χ3v) is 6.17. The van der Waals surface area contributed by atoms with Gasteiger partial charge in [-0.1, -0.05) is 12.1 Å². The monoisotopic (exact) mass is 450 g/mol. The lowest BCUT2D eigenvalue weighted by Gasteiger charge is -2.49. The maximum atomic E-state index is 13.0. The van der Waals surface area contributed by atoms with E-state index in [1.807, 2.05) is 11.8 Å². The lowest BCUT2D eigenvalue weighted by atomic mass is 9.91. The van der Waals surface area contributed by atoms with Gasteiger partial charge in [0.1, 0.15) is 11.6 Å². The topological polar surface area (TPSA) is 88.4 Å². The van der Waals surface area contributed by atoms with Gasteiger partial charge in [-0.2, -0.15) is 9.97 Å². The van der Waals surface area contributed by atoms with Crippen LogP contribution in [0, 0.1) is 5.41 Å². The third-order valence-electron chi connectivity index (χ3n) is 6.00. The summed E-state index contributed by atoms with van der Waals surface area (Å²) in [4.78, 5) is 12.9. The van der Waals surface area contributed by atoms with Crippen molar-refractivity contribution in [1.82, 2.24) is 14.9 Å². The number of aliphatic hydroxyl groups is 1. The lowest BCUT2D eigenvalue weighted by Crippen LogP contribution is -2.62. The van der Waals surface area contributed by atoms with Crippen LogP contribution >= 0.6 is 11.6 Å². The van der Waals surface area contributed by atoms with Crippen molar-refractivity contribution in [3.05, 3.63) is 40.7 Å². The van der Waals surface area contributed by atoms with Crippen molar-refractivity contribution in [3.63, 3.8) is 0 Å². The zero-order valence-electron chi connectivity index (χ0n) is 17.2. The fourth-order valence-electron chi connectivity index (χ4n) is 4.02. The molecule has 0 amide bonds. The molecular formula is C21H25ClF2N6O. The molecule has 0 saturated carbocycles. The van der Waals surface area contributed by atoms with Crippen LogP contribution in [0.15, 0.2) is 24.3 Å². The molecule has 10 heteroatoms. The Morgan fingerprint density at radius 2 is 2.00 bits per heavy atom. The van der Waals surface area contributed by atoms with Crippen LogP contribution in [0.4, 0.5) is 26.1 Å². The largest absolute Gasteiger partial charge is 0.390 e. The normalized spacial score (nSPS) is 19.4. The predicted octanol–water partition coefficient (Wildman–Crippen LogP) is 3.84. The van der Waals surface area contributed by atoms with Crippen molar-refractivity contribution in [2.75, 3.05) is 36.4 Å². The zero-order chi connectivity index (χ0) is 22.2. The molecule has 0 bridgehead atoms. The fourth-order valence-corrected chi connectivity index (χ4v) is 4.18. The Kier molecular flexibility index (Phi) is 6.09. The molecule has 2 aliphatic heterocycles. The minimum atomic E-state index is -2.58. The number of anilines is 3. The highest BCUT2D eigenvalue weighted by Crippen LogP contribution is 2.33. The molecule has 31 heavy (non-hydrogen) atoms. The highest BCUT2D eigenvalue weighted by atomic mass is 35.5. The van der Waals surface area contributed by atoms with Gasteiger partial charge in [-0.3, -0.25) is 4.90 Å². The SMILES string of the molecule is CC1(O)CCN(C2CN(c3nc(Cl)nc(Nc4cccc(C(F)F)c4)c3C=N)C2)CC1. The van der Waals surface area contributed by atoms with E-state index in [2.05, 4.69) is 20.2 Å². The first-order valence-corrected chi connectivity index (χ1v) is 10.6. The number of nitrogens with one attached hydrogen (secondary N) is 2. The molecule has 0 spiro atoms. The highest BCUT2D eigenvalue weighted by Gasteiger charge is 2.38. The number of nitrogens with zero attached hydrogens (tertiary/aromatic N) is 4. The molecule has 0 aliphatic carbocycles. The second kappa shape index (κ2) is 8.64. The predicted molar refractivity (Wildman–Crippen MR) is 117 cm³/mol. The smallest absolute Gasteiger partial charge is 0.263 e. The fraction of sp³-hybridized carbons (Fsp3) is 0.476. The first kappa shape index (κ1) is 21.9. The van der Waals surface area contributed by atoms with E-state index in [9.17, 15) is 13.9 Å². The van der Waals surface area contributed by atoms with Crippen LogP contribution in [-0.4, -0.2) is 64.0 Å². The van der Waals surface area contributed by atoms with Crippen molar-refractivity contribution < 1.29 is 13.9 Å². The van der Waals surface area contributed by atoms with Gasteiger partial charge in [-0.15, -0.1) is 0 Å². The Hall–Kier alpha value is -2.36. The molecular weight excluding hydrogens is 426 g/mol. The maximum Gasteiger partial charge on any atom is 0.263 e. The van der Waals surface area contributed by atoms with E-state index in [0.29, 0.717) is 28.9 Å². The Bertz CT molecular complexity index is 957. The van der Waals surface area contributed by atoms with Crippen molar-refractivity contribution >= 4 is 35.1 Å². The van der Waals surface area contributed by atoms with Gasteiger partial charge in [-0.05, 0) is 43.5 Å². The van der Waals surface area contributed by atoms with E-state index in [4.69, 9.17) is 17.0 Å². The summed E-state index contributed by atoms with van der Waals surface area (Å²) >= 11 is 6.15. The van der Waals surface area contributed by atoms with Gasteiger partial charge in [-0.25, -0.2) is 8.78 Å². The summed E-state index contributed by atoms with van der Waals surface area (Å²) in [6.45, 7) is 5.04. The quantitative estimate of drug-likeness (QED) is 0.457. The number of aromatic nitrogens is 2. The van der Waals surface area contributed by atoms with E-state index in [0.717, 1.165) is 45.2 Å². The average molecular weight is 451 g/mol. The molecule has 2 aromatic rings. The minimum absolute atomic E-state index is 0.0191. The number of hydrogen-bond acceptors (Lipinski definition) is 7. The zero-order valence-corrected chi connectivity index (χ0v) is 17.9. The first-order valence-electron chi connectivity index (χ1n) is 10.2. The van der Waals surface area contributed by atoms with Crippen molar-refractivity contribution in [2.45, 2.75) is 37.8 Å². The van der Waals surface area contributed by atoms with Crippen LogP contribution in [-0.2, 0) is 0 Å². The molecule has 1 aromatic heterocycles. The summed E-state index contributed by atoms with van der Waals surface area (Å²) in [7, 11) is 0. The first-order chi connectivity index (χ1) is 14.8. The molecule has 0 atom stereocenters. The summed E-state index contributed by atoms with van der Waals surface area (Å²) in [6, 6.07) is 6.24. The van der Waals surface area contributed by atoms with Crippen LogP contribution in [0.1, 0.15) is 37.3 Å². The van der Waals surface area contributed by atoms with Crippen LogP contribution in [0.3, 0.4) is 0 Å². The van der Waals surface area contributed by atoms with Gasteiger partial charge in [0.2, 0.25) is 5.28 Å². The summed E-state index contributed by atoms with van der Waals surface area (Å²) in [6.07, 6.45) is 0.0712. The van der Waals surface area contributed by atoms with Crippen LogP contribution in [0.2, 0.25) is 5.28 Å². The molecule has 0 unspecified atom stereocenters.